The van der Waals surface area contributed by atoms with Gasteiger partial charge in [0.15, 0.2) is 0 Å². The van der Waals surface area contributed by atoms with Gasteiger partial charge >= 0.3 is 5.97 Å². The first kappa shape index (κ1) is 21.7. The lowest BCUT2D eigenvalue weighted by Gasteiger charge is -2.25. The van der Waals surface area contributed by atoms with E-state index in [1.807, 2.05) is 60.7 Å². The minimum absolute atomic E-state index is 0.315. The highest BCUT2D eigenvalue weighted by Crippen LogP contribution is 2.36. The molecule has 0 amide bonds. The summed E-state index contributed by atoms with van der Waals surface area (Å²) in [5.74, 6) is -0.544. The molecule has 0 aliphatic rings. The van der Waals surface area contributed by atoms with Crippen molar-refractivity contribution in [1.82, 2.24) is 0 Å². The van der Waals surface area contributed by atoms with Gasteiger partial charge in [-0.2, -0.15) is 5.26 Å². The normalized spacial score (nSPS) is 11.2. The van der Waals surface area contributed by atoms with E-state index in [1.54, 1.807) is 18.2 Å². The lowest BCUT2D eigenvalue weighted by molar-refractivity contribution is -0.132. The number of rotatable bonds is 6. The summed E-state index contributed by atoms with van der Waals surface area (Å²) in [5, 5.41) is 18.9. The van der Waals surface area contributed by atoms with Gasteiger partial charge in [0.2, 0.25) is 0 Å². The second-order valence-corrected chi connectivity index (χ2v) is 7.94. The molecule has 4 aromatic carbocycles. The van der Waals surface area contributed by atoms with Crippen molar-refractivity contribution in [2.24, 2.45) is 0 Å². The molecule has 0 unspecified atom stereocenters. The van der Waals surface area contributed by atoms with Crippen molar-refractivity contribution in [3.05, 3.63) is 120 Å². The lowest BCUT2D eigenvalue weighted by atomic mass is 10.1. The number of hydrogen-bond donors (Lipinski definition) is 1. The van der Waals surface area contributed by atoms with Gasteiger partial charge in [-0.05, 0) is 78.4 Å². The molecule has 168 valence electrons. The van der Waals surface area contributed by atoms with Crippen LogP contribution in [0.1, 0.15) is 5.56 Å². The summed E-state index contributed by atoms with van der Waals surface area (Å²) >= 11 is 0. The number of furan rings is 1. The molecule has 5 heteroatoms. The minimum atomic E-state index is -1.25. The SMILES string of the molecule is N#C/C(=C/c1ccc2oc(-c3ccc(N(c4ccccc4)c4ccccc4)cc3)cc2c1)C(=O)O. The number of benzene rings is 4. The van der Waals surface area contributed by atoms with Crippen molar-refractivity contribution in [3.8, 4) is 17.4 Å². The number of hydrogen-bond acceptors (Lipinski definition) is 4. The van der Waals surface area contributed by atoms with Gasteiger partial charge in [-0.1, -0.05) is 42.5 Å². The first-order chi connectivity index (χ1) is 17.1. The number of aliphatic carboxylic acids is 1. The number of fused-ring (bicyclic) bond motifs is 1. The highest BCUT2D eigenvalue weighted by atomic mass is 16.4. The zero-order chi connectivity index (χ0) is 24.2. The van der Waals surface area contributed by atoms with Gasteiger partial charge in [-0.25, -0.2) is 4.79 Å². The van der Waals surface area contributed by atoms with Gasteiger partial charge in [0.1, 0.15) is 23.0 Å². The fourth-order valence-corrected chi connectivity index (χ4v) is 3.98. The molecule has 0 radical (unpaired) electrons. The summed E-state index contributed by atoms with van der Waals surface area (Å²) in [6, 6.07) is 37.5. The molecule has 0 aliphatic heterocycles. The molecular formula is C30H20N2O3. The van der Waals surface area contributed by atoms with Crippen molar-refractivity contribution < 1.29 is 14.3 Å². The Morgan fingerprint density at radius 1 is 0.800 bits per heavy atom. The van der Waals surface area contributed by atoms with Crippen LogP contribution in [-0.2, 0) is 4.79 Å². The Hall–Kier alpha value is -5.08. The van der Waals surface area contributed by atoms with Crippen molar-refractivity contribution in [2.45, 2.75) is 0 Å². The molecule has 0 atom stereocenters. The summed E-state index contributed by atoms with van der Waals surface area (Å²) < 4.78 is 6.04. The number of nitriles is 1. The molecule has 5 nitrogen and oxygen atoms in total. The molecule has 0 bridgehead atoms. The molecule has 0 aliphatic carbocycles. The quantitative estimate of drug-likeness (QED) is 0.211. The molecule has 5 rings (SSSR count). The molecular weight excluding hydrogens is 436 g/mol. The molecule has 0 fully saturated rings. The monoisotopic (exact) mass is 456 g/mol. The van der Waals surface area contributed by atoms with Crippen LogP contribution in [0, 0.1) is 11.3 Å². The number of carboxylic acid groups (broad SMARTS) is 1. The highest BCUT2D eigenvalue weighted by Gasteiger charge is 2.13. The van der Waals surface area contributed by atoms with Crippen molar-refractivity contribution in [3.63, 3.8) is 0 Å². The van der Waals surface area contributed by atoms with Crippen LogP contribution in [0.2, 0.25) is 0 Å². The maximum Gasteiger partial charge on any atom is 0.346 e. The molecule has 0 saturated carbocycles. The van der Waals surface area contributed by atoms with Gasteiger partial charge < -0.3 is 14.4 Å². The fourth-order valence-electron chi connectivity index (χ4n) is 3.98. The first-order valence-electron chi connectivity index (χ1n) is 11.0. The van der Waals surface area contributed by atoms with Crippen LogP contribution in [-0.4, -0.2) is 11.1 Å². The maximum absolute atomic E-state index is 11.1. The minimum Gasteiger partial charge on any atom is -0.477 e. The van der Waals surface area contributed by atoms with Crippen LogP contribution in [0.15, 0.2) is 119 Å². The van der Waals surface area contributed by atoms with Gasteiger partial charge in [0.05, 0.1) is 0 Å². The van der Waals surface area contributed by atoms with Gasteiger partial charge in [-0.3, -0.25) is 0 Å². The second kappa shape index (κ2) is 9.42. The van der Waals surface area contributed by atoms with Crippen molar-refractivity contribution in [2.75, 3.05) is 4.90 Å². The highest BCUT2D eigenvalue weighted by molar-refractivity contribution is 5.97. The molecule has 35 heavy (non-hydrogen) atoms. The number of carbonyl (C=O) groups is 1. The van der Waals surface area contributed by atoms with Crippen LogP contribution in [0.3, 0.4) is 0 Å². The maximum atomic E-state index is 11.1. The van der Waals surface area contributed by atoms with Gasteiger partial charge in [-0.15, -0.1) is 0 Å². The Labute approximate surface area is 202 Å². The average molecular weight is 457 g/mol. The topological polar surface area (TPSA) is 77.5 Å². The Morgan fingerprint density at radius 2 is 1.40 bits per heavy atom. The molecule has 1 heterocycles. The van der Waals surface area contributed by atoms with E-state index in [0.717, 1.165) is 28.0 Å². The van der Waals surface area contributed by atoms with E-state index in [-0.39, 0.29) is 5.57 Å². The third-order valence-corrected chi connectivity index (χ3v) is 5.64. The lowest BCUT2D eigenvalue weighted by Crippen LogP contribution is -2.09. The molecule has 5 aromatic rings. The van der Waals surface area contributed by atoms with Gasteiger partial charge in [0, 0.05) is 28.0 Å². The standard InChI is InChI=1S/C30H20N2O3/c31-20-24(30(33)34)18-21-11-16-28-23(17-21)19-29(35-28)22-12-14-27(15-13-22)32(25-7-3-1-4-8-25)26-9-5-2-6-10-26/h1-19H,(H,33,34)/b24-18-. The predicted molar refractivity (Wildman–Crippen MR) is 138 cm³/mol. The Bertz CT molecular complexity index is 1520. The van der Waals surface area contributed by atoms with E-state index in [4.69, 9.17) is 14.8 Å². The van der Waals surface area contributed by atoms with E-state index in [0.29, 0.717) is 16.9 Å². The predicted octanol–water partition coefficient (Wildman–Crippen LogP) is 7.56. The van der Waals surface area contributed by atoms with E-state index >= 15 is 0 Å². The Balaban J connectivity index is 1.48. The van der Waals surface area contributed by atoms with Crippen LogP contribution >= 0.6 is 0 Å². The number of anilines is 3. The summed E-state index contributed by atoms with van der Waals surface area (Å²) in [6.07, 6.45) is 1.35. The van der Waals surface area contributed by atoms with Crippen LogP contribution < -0.4 is 4.90 Å². The van der Waals surface area contributed by atoms with Crippen molar-refractivity contribution >= 4 is 40.1 Å². The van der Waals surface area contributed by atoms with Gasteiger partial charge in [0.25, 0.3) is 0 Å². The number of nitrogens with zero attached hydrogens (tertiary/aromatic N) is 2. The summed E-state index contributed by atoms with van der Waals surface area (Å²) in [5.41, 5.74) is 5.07. The van der Waals surface area contributed by atoms with Crippen LogP contribution in [0.5, 0.6) is 0 Å². The zero-order valence-electron chi connectivity index (χ0n) is 18.6. The third kappa shape index (κ3) is 4.54. The van der Waals surface area contributed by atoms with Crippen LogP contribution in [0.4, 0.5) is 17.1 Å². The Kier molecular flexibility index (Phi) is 5.85. The van der Waals surface area contributed by atoms with Crippen molar-refractivity contribution in [1.29, 1.82) is 5.26 Å². The molecule has 0 spiro atoms. The first-order valence-corrected chi connectivity index (χ1v) is 11.0. The molecule has 1 aromatic heterocycles. The van der Waals surface area contributed by atoms with Crippen LogP contribution in [0.25, 0.3) is 28.4 Å². The molecule has 0 saturated heterocycles. The number of para-hydroxylation sites is 2. The largest absolute Gasteiger partial charge is 0.477 e. The summed E-state index contributed by atoms with van der Waals surface area (Å²) in [6.45, 7) is 0. The van der Waals surface area contributed by atoms with E-state index in [2.05, 4.69) is 41.3 Å². The zero-order valence-corrected chi connectivity index (χ0v) is 18.6. The van der Waals surface area contributed by atoms with E-state index in [1.165, 1.54) is 6.08 Å². The molecule has 1 N–H and O–H groups in total. The fraction of sp³-hybridized carbons (Fsp3) is 0. The summed E-state index contributed by atoms with van der Waals surface area (Å²) in [4.78, 5) is 13.3. The van der Waals surface area contributed by atoms with E-state index in [9.17, 15) is 4.79 Å². The average Bonchev–Trinajstić information content (AvgIpc) is 3.32. The second-order valence-electron chi connectivity index (χ2n) is 7.94. The Morgan fingerprint density at radius 3 is 1.97 bits per heavy atom. The van der Waals surface area contributed by atoms with E-state index < -0.39 is 5.97 Å². The third-order valence-electron chi connectivity index (χ3n) is 5.64. The smallest absolute Gasteiger partial charge is 0.346 e. The summed E-state index contributed by atoms with van der Waals surface area (Å²) in [7, 11) is 0. The number of carboxylic acids is 1.